The molecule has 4 amide bonds. The van der Waals surface area contributed by atoms with Gasteiger partial charge in [-0.1, -0.05) is 133 Å². The van der Waals surface area contributed by atoms with Crippen LogP contribution in [0.1, 0.15) is 31.8 Å². The number of benzene rings is 6. The molecule has 2 atom stereocenters. The van der Waals surface area contributed by atoms with Gasteiger partial charge in [0.1, 0.15) is 13.2 Å². The van der Waals surface area contributed by atoms with Gasteiger partial charge in [0, 0.05) is 37.3 Å². The molecule has 0 saturated carbocycles. The van der Waals surface area contributed by atoms with Crippen molar-refractivity contribution in [2.24, 2.45) is 0 Å². The zero-order valence-corrected chi connectivity index (χ0v) is 31.8. The van der Waals surface area contributed by atoms with E-state index in [-0.39, 0.29) is 50.2 Å². The quantitative estimate of drug-likeness (QED) is 0.122. The van der Waals surface area contributed by atoms with Crippen molar-refractivity contribution in [3.8, 4) is 33.4 Å². The van der Waals surface area contributed by atoms with Crippen LogP contribution in [-0.4, -0.2) is 72.2 Å². The fourth-order valence-corrected chi connectivity index (χ4v) is 7.22. The summed E-state index contributed by atoms with van der Waals surface area (Å²) in [6.45, 7) is 1.67. The molecular formula is C48H42N4O6. The maximum atomic E-state index is 13.1. The van der Waals surface area contributed by atoms with Crippen LogP contribution in [-0.2, 0) is 22.6 Å². The molecule has 0 aromatic heterocycles. The smallest absolute Gasteiger partial charge is 0.410 e. The number of carbonyl (C=O) groups is 4. The van der Waals surface area contributed by atoms with Crippen LogP contribution in [0.2, 0.25) is 0 Å². The van der Waals surface area contributed by atoms with E-state index in [1.165, 1.54) is 0 Å². The molecule has 0 spiro atoms. The summed E-state index contributed by atoms with van der Waals surface area (Å²) < 4.78 is 10.7. The number of hydrogen-bond acceptors (Lipinski definition) is 6. The van der Waals surface area contributed by atoms with Crippen molar-refractivity contribution in [3.63, 3.8) is 0 Å². The summed E-state index contributed by atoms with van der Waals surface area (Å²) in [5, 5.41) is 5.91. The number of amides is 4. The van der Waals surface area contributed by atoms with Crippen molar-refractivity contribution in [3.05, 3.63) is 180 Å². The Morgan fingerprint density at radius 1 is 0.448 bits per heavy atom. The maximum Gasteiger partial charge on any atom is 0.410 e. The third kappa shape index (κ3) is 8.76. The summed E-state index contributed by atoms with van der Waals surface area (Å²) in [7, 11) is 0. The van der Waals surface area contributed by atoms with E-state index < -0.39 is 12.2 Å². The first kappa shape index (κ1) is 37.7. The van der Waals surface area contributed by atoms with Gasteiger partial charge in [-0.2, -0.15) is 0 Å². The van der Waals surface area contributed by atoms with Gasteiger partial charge in [0.05, 0.1) is 12.1 Å². The van der Waals surface area contributed by atoms with Crippen LogP contribution in [0.25, 0.3) is 33.4 Å². The number of hydrogen-bond donors (Lipinski definition) is 2. The fraction of sp³-hybridized carbons (Fsp3) is 0.167. The largest absolute Gasteiger partial charge is 0.447 e. The van der Waals surface area contributed by atoms with E-state index in [4.69, 9.17) is 9.47 Å². The average molecular weight is 771 g/mol. The minimum Gasteiger partial charge on any atom is -0.447 e. The second kappa shape index (κ2) is 17.3. The second-order valence-electron chi connectivity index (χ2n) is 14.4. The van der Waals surface area contributed by atoms with Crippen LogP contribution >= 0.6 is 0 Å². The molecule has 2 aliphatic rings. The number of rotatable bonds is 13. The Bertz CT molecular complexity index is 2200. The van der Waals surface area contributed by atoms with Crippen LogP contribution in [0, 0.1) is 0 Å². The minimum atomic E-state index is -0.400. The Hall–Kier alpha value is -7.20. The van der Waals surface area contributed by atoms with Gasteiger partial charge in [-0.3, -0.25) is 19.4 Å². The minimum absolute atomic E-state index is 0.200. The molecule has 2 unspecified atom stereocenters. The van der Waals surface area contributed by atoms with E-state index >= 15 is 0 Å². The molecule has 2 fully saturated rings. The Kier molecular flexibility index (Phi) is 11.2. The monoisotopic (exact) mass is 770 g/mol. The predicted molar refractivity (Wildman–Crippen MR) is 222 cm³/mol. The SMILES string of the molecule is O=C(NCC1COC(=O)N1Cc1ccc(-c2ccccc2)cc1)c1ccc(-c2ccc(C(=O)NCC3COC(=O)N3Cc3ccc(-c4ccccc4)cc3)cc2)cc1. The van der Waals surface area contributed by atoms with Gasteiger partial charge in [0.2, 0.25) is 0 Å². The molecule has 0 bridgehead atoms. The van der Waals surface area contributed by atoms with Crippen LogP contribution < -0.4 is 10.6 Å². The first-order valence-electron chi connectivity index (χ1n) is 19.3. The fourth-order valence-electron chi connectivity index (χ4n) is 7.22. The van der Waals surface area contributed by atoms with E-state index in [9.17, 15) is 19.2 Å². The highest BCUT2D eigenvalue weighted by Crippen LogP contribution is 2.25. The van der Waals surface area contributed by atoms with Crippen molar-refractivity contribution >= 4 is 24.0 Å². The summed E-state index contributed by atoms with van der Waals surface area (Å²) in [4.78, 5) is 54.7. The standard InChI is InChI=1S/C48H42N4O6/c53-45(49-27-43-31-57-47(55)51(43)29-33-11-15-37(16-12-33)35-7-3-1-4-8-35)41-23-19-39(20-24-41)40-21-25-42(26-22-40)46(54)50-28-44-32-58-48(56)52(44)30-34-13-17-38(18-14-34)36-9-5-2-6-10-36/h1-26,43-44H,27-32H2,(H,49,53)(H,50,54). The lowest BCUT2D eigenvalue weighted by atomic mass is 10.0. The molecule has 290 valence electrons. The topological polar surface area (TPSA) is 117 Å². The van der Waals surface area contributed by atoms with E-state index in [2.05, 4.69) is 34.9 Å². The molecule has 2 saturated heterocycles. The summed E-state index contributed by atoms with van der Waals surface area (Å²) in [5.41, 5.74) is 9.13. The van der Waals surface area contributed by atoms with Crippen molar-refractivity contribution in [1.29, 1.82) is 0 Å². The lowest BCUT2D eigenvalue weighted by Crippen LogP contribution is -2.42. The molecule has 58 heavy (non-hydrogen) atoms. The first-order valence-corrected chi connectivity index (χ1v) is 19.3. The molecular weight excluding hydrogens is 729 g/mol. The highest BCUT2D eigenvalue weighted by Gasteiger charge is 2.34. The van der Waals surface area contributed by atoms with Crippen molar-refractivity contribution in [2.75, 3.05) is 26.3 Å². The van der Waals surface area contributed by atoms with Gasteiger partial charge in [-0.15, -0.1) is 0 Å². The van der Waals surface area contributed by atoms with Crippen LogP contribution in [0.3, 0.4) is 0 Å². The highest BCUT2D eigenvalue weighted by atomic mass is 16.6. The summed E-state index contributed by atoms with van der Waals surface area (Å²) >= 11 is 0. The Morgan fingerprint density at radius 3 is 1.10 bits per heavy atom. The van der Waals surface area contributed by atoms with E-state index in [0.29, 0.717) is 24.2 Å². The van der Waals surface area contributed by atoms with Crippen LogP contribution in [0.5, 0.6) is 0 Å². The van der Waals surface area contributed by atoms with Gasteiger partial charge in [-0.25, -0.2) is 9.59 Å². The lowest BCUT2D eigenvalue weighted by molar-refractivity contribution is 0.0935. The molecule has 2 heterocycles. The number of nitrogens with zero attached hydrogens (tertiary/aromatic N) is 2. The summed E-state index contributed by atoms with van der Waals surface area (Å²) in [6.07, 6.45) is -0.800. The predicted octanol–water partition coefficient (Wildman–Crippen LogP) is 8.19. The van der Waals surface area contributed by atoms with Crippen molar-refractivity contribution in [1.82, 2.24) is 20.4 Å². The van der Waals surface area contributed by atoms with Gasteiger partial charge in [-0.05, 0) is 68.8 Å². The number of nitrogens with one attached hydrogen (secondary N) is 2. The normalized spacial score (nSPS) is 16.1. The van der Waals surface area contributed by atoms with Gasteiger partial charge in [0.15, 0.2) is 0 Å². The molecule has 6 aromatic rings. The van der Waals surface area contributed by atoms with Crippen molar-refractivity contribution < 1.29 is 28.7 Å². The van der Waals surface area contributed by atoms with Gasteiger partial charge in [0.25, 0.3) is 11.8 Å². The highest BCUT2D eigenvalue weighted by molar-refractivity contribution is 5.96. The number of ether oxygens (including phenoxy) is 2. The molecule has 2 N–H and O–H groups in total. The molecule has 0 aliphatic carbocycles. The molecule has 2 aliphatic heterocycles. The Balaban J connectivity index is 0.808. The maximum absolute atomic E-state index is 13.1. The molecule has 10 heteroatoms. The number of cyclic esters (lactones) is 2. The van der Waals surface area contributed by atoms with E-state index in [1.54, 1.807) is 34.1 Å². The van der Waals surface area contributed by atoms with Gasteiger partial charge >= 0.3 is 12.2 Å². The van der Waals surface area contributed by atoms with Gasteiger partial charge < -0.3 is 20.1 Å². The molecule has 6 aromatic carbocycles. The van der Waals surface area contributed by atoms with Crippen molar-refractivity contribution in [2.45, 2.75) is 25.2 Å². The van der Waals surface area contributed by atoms with E-state index in [0.717, 1.165) is 44.5 Å². The molecule has 8 rings (SSSR count). The summed E-state index contributed by atoms with van der Waals surface area (Å²) in [5.74, 6) is -0.502. The van der Waals surface area contributed by atoms with E-state index in [1.807, 2.05) is 109 Å². The van der Waals surface area contributed by atoms with Crippen LogP contribution in [0.4, 0.5) is 9.59 Å². The summed E-state index contributed by atoms with van der Waals surface area (Å²) in [6, 6.07) is 50.2. The average Bonchev–Trinajstić information content (AvgIpc) is 3.81. The lowest BCUT2D eigenvalue weighted by Gasteiger charge is -2.22. The number of carbonyl (C=O) groups excluding carboxylic acids is 4. The third-order valence-corrected chi connectivity index (χ3v) is 10.6. The Labute approximate surface area is 337 Å². The second-order valence-corrected chi connectivity index (χ2v) is 14.4. The molecule has 0 radical (unpaired) electrons. The van der Waals surface area contributed by atoms with Crippen LogP contribution in [0.15, 0.2) is 158 Å². The third-order valence-electron chi connectivity index (χ3n) is 10.6. The molecule has 10 nitrogen and oxygen atoms in total. The zero-order valence-electron chi connectivity index (χ0n) is 31.8. The zero-order chi connectivity index (χ0) is 39.8. The Morgan fingerprint density at radius 2 is 0.759 bits per heavy atom. The first-order chi connectivity index (χ1) is 28.4.